The van der Waals surface area contributed by atoms with Crippen LogP contribution in [-0.4, -0.2) is 36.0 Å². The lowest BCUT2D eigenvalue weighted by Gasteiger charge is -2.36. The Labute approximate surface area is 194 Å². The number of rotatable bonds is 6. The van der Waals surface area contributed by atoms with Crippen LogP contribution in [0.2, 0.25) is 0 Å². The van der Waals surface area contributed by atoms with Gasteiger partial charge in [-0.1, -0.05) is 48.5 Å². The van der Waals surface area contributed by atoms with Crippen LogP contribution in [0.15, 0.2) is 72.8 Å². The van der Waals surface area contributed by atoms with Gasteiger partial charge in [-0.15, -0.1) is 0 Å². The highest BCUT2D eigenvalue weighted by Crippen LogP contribution is 2.36. The quantitative estimate of drug-likeness (QED) is 0.552. The van der Waals surface area contributed by atoms with E-state index in [2.05, 4.69) is 17.3 Å². The van der Waals surface area contributed by atoms with Gasteiger partial charge in [0.25, 0.3) is 5.91 Å². The second-order valence-corrected chi connectivity index (χ2v) is 9.15. The van der Waals surface area contributed by atoms with E-state index in [4.69, 9.17) is 4.74 Å². The SMILES string of the molecule is CN1C2CCC1CC(Oc1cccc(CNC(=O)c3ccc(-c4ccccc4)cc3F)c1)C2. The summed E-state index contributed by atoms with van der Waals surface area (Å²) in [7, 11) is 2.22. The molecule has 170 valence electrons. The Bertz CT molecular complexity index is 1120. The van der Waals surface area contributed by atoms with Crippen LogP contribution in [0.1, 0.15) is 41.6 Å². The summed E-state index contributed by atoms with van der Waals surface area (Å²) in [4.78, 5) is 15.1. The molecule has 3 aromatic carbocycles. The summed E-state index contributed by atoms with van der Waals surface area (Å²) in [6.45, 7) is 0.314. The average Bonchev–Trinajstić information content (AvgIpc) is 3.03. The zero-order chi connectivity index (χ0) is 22.8. The third kappa shape index (κ3) is 4.79. The second kappa shape index (κ2) is 9.36. The standard InChI is InChI=1S/C28H29FN2O2/c1-31-22-11-12-23(31)17-25(16-22)33-24-9-5-6-19(14-24)18-30-28(32)26-13-10-21(15-27(26)29)20-7-3-2-4-8-20/h2-10,13-15,22-23,25H,11-12,16-18H2,1H3,(H,30,32). The lowest BCUT2D eigenvalue weighted by atomic mass is 10.0. The van der Waals surface area contributed by atoms with Crippen molar-refractivity contribution < 1.29 is 13.9 Å². The second-order valence-electron chi connectivity index (χ2n) is 9.15. The molecule has 2 unspecified atom stereocenters. The number of benzene rings is 3. The lowest BCUT2D eigenvalue weighted by molar-refractivity contribution is 0.0661. The molecule has 5 heteroatoms. The third-order valence-corrected chi connectivity index (χ3v) is 7.03. The van der Waals surface area contributed by atoms with Crippen LogP contribution in [0.25, 0.3) is 11.1 Å². The van der Waals surface area contributed by atoms with Gasteiger partial charge in [0.05, 0.1) is 5.56 Å². The van der Waals surface area contributed by atoms with Gasteiger partial charge in [0, 0.05) is 18.6 Å². The van der Waals surface area contributed by atoms with Gasteiger partial charge in [-0.05, 0) is 73.7 Å². The number of carbonyl (C=O) groups excluding carboxylic acids is 1. The zero-order valence-corrected chi connectivity index (χ0v) is 18.8. The van der Waals surface area contributed by atoms with E-state index in [1.54, 1.807) is 12.1 Å². The lowest BCUT2D eigenvalue weighted by Crippen LogP contribution is -2.43. The van der Waals surface area contributed by atoms with Gasteiger partial charge in [0.15, 0.2) is 0 Å². The number of amides is 1. The first-order valence-corrected chi connectivity index (χ1v) is 11.7. The summed E-state index contributed by atoms with van der Waals surface area (Å²) in [5.41, 5.74) is 2.64. The van der Waals surface area contributed by atoms with Crippen LogP contribution in [0.3, 0.4) is 0 Å². The summed E-state index contributed by atoms with van der Waals surface area (Å²) in [5, 5.41) is 2.83. The van der Waals surface area contributed by atoms with Gasteiger partial charge in [0.2, 0.25) is 0 Å². The molecular formula is C28H29FN2O2. The number of nitrogens with zero attached hydrogens (tertiary/aromatic N) is 1. The van der Waals surface area contributed by atoms with E-state index in [0.717, 1.165) is 35.3 Å². The van der Waals surface area contributed by atoms with Gasteiger partial charge in [0.1, 0.15) is 17.7 Å². The number of hydrogen-bond acceptors (Lipinski definition) is 3. The van der Waals surface area contributed by atoms with Crippen molar-refractivity contribution in [2.75, 3.05) is 7.05 Å². The summed E-state index contributed by atoms with van der Waals surface area (Å²) < 4.78 is 20.9. The molecule has 0 saturated carbocycles. The predicted octanol–water partition coefficient (Wildman–Crippen LogP) is 5.43. The van der Waals surface area contributed by atoms with E-state index in [1.165, 1.54) is 18.9 Å². The first-order valence-electron chi connectivity index (χ1n) is 11.7. The van der Waals surface area contributed by atoms with E-state index in [1.807, 2.05) is 54.6 Å². The maximum Gasteiger partial charge on any atom is 0.254 e. The van der Waals surface area contributed by atoms with Crippen LogP contribution in [0.5, 0.6) is 5.75 Å². The number of piperidine rings is 1. The van der Waals surface area contributed by atoms with Crippen LogP contribution >= 0.6 is 0 Å². The highest BCUT2D eigenvalue weighted by molar-refractivity contribution is 5.95. The molecule has 2 aliphatic heterocycles. The topological polar surface area (TPSA) is 41.6 Å². The molecule has 0 spiro atoms. The Balaban J connectivity index is 1.20. The monoisotopic (exact) mass is 444 g/mol. The van der Waals surface area contributed by atoms with Crippen molar-refractivity contribution in [1.82, 2.24) is 10.2 Å². The largest absolute Gasteiger partial charge is 0.490 e. The fourth-order valence-electron chi connectivity index (χ4n) is 5.17. The Kier molecular flexibility index (Phi) is 6.14. The molecule has 1 N–H and O–H groups in total. The van der Waals surface area contributed by atoms with E-state index in [-0.39, 0.29) is 11.7 Å². The molecule has 0 radical (unpaired) electrons. The summed E-state index contributed by atoms with van der Waals surface area (Å²) in [6, 6.07) is 23.4. The molecule has 4 nitrogen and oxygen atoms in total. The summed E-state index contributed by atoms with van der Waals surface area (Å²) in [6.07, 6.45) is 4.88. The molecule has 2 aliphatic rings. The number of carbonyl (C=O) groups is 1. The maximum atomic E-state index is 14.6. The highest BCUT2D eigenvalue weighted by Gasteiger charge is 2.39. The molecule has 2 atom stereocenters. The number of fused-ring (bicyclic) bond motifs is 2. The smallest absolute Gasteiger partial charge is 0.254 e. The molecule has 1 amide bonds. The Morgan fingerprint density at radius 2 is 1.73 bits per heavy atom. The predicted molar refractivity (Wildman–Crippen MR) is 128 cm³/mol. The van der Waals surface area contributed by atoms with Crippen LogP contribution in [-0.2, 0) is 6.54 Å². The van der Waals surface area contributed by atoms with E-state index in [0.29, 0.717) is 18.6 Å². The molecular weight excluding hydrogens is 415 g/mol. The molecule has 33 heavy (non-hydrogen) atoms. The van der Waals surface area contributed by atoms with Crippen molar-refractivity contribution in [3.05, 3.63) is 89.7 Å². The highest BCUT2D eigenvalue weighted by atomic mass is 19.1. The summed E-state index contributed by atoms with van der Waals surface area (Å²) in [5.74, 6) is -0.123. The van der Waals surface area contributed by atoms with Crippen molar-refractivity contribution >= 4 is 5.91 Å². The Morgan fingerprint density at radius 1 is 0.970 bits per heavy atom. The molecule has 3 aromatic rings. The Morgan fingerprint density at radius 3 is 2.45 bits per heavy atom. The molecule has 2 heterocycles. The van der Waals surface area contributed by atoms with Crippen molar-refractivity contribution in [1.29, 1.82) is 0 Å². The minimum absolute atomic E-state index is 0.0453. The van der Waals surface area contributed by atoms with Crippen molar-refractivity contribution in [3.63, 3.8) is 0 Å². The zero-order valence-electron chi connectivity index (χ0n) is 18.8. The van der Waals surface area contributed by atoms with E-state index < -0.39 is 11.7 Å². The normalized spacial score (nSPS) is 22.2. The molecule has 0 aromatic heterocycles. The van der Waals surface area contributed by atoms with Crippen LogP contribution in [0, 0.1) is 5.82 Å². The van der Waals surface area contributed by atoms with Gasteiger partial charge in [-0.2, -0.15) is 0 Å². The average molecular weight is 445 g/mol. The fraction of sp³-hybridized carbons (Fsp3) is 0.321. The van der Waals surface area contributed by atoms with Crippen molar-refractivity contribution in [3.8, 4) is 16.9 Å². The molecule has 0 aliphatic carbocycles. The first kappa shape index (κ1) is 21.7. The van der Waals surface area contributed by atoms with Crippen LogP contribution < -0.4 is 10.1 Å². The van der Waals surface area contributed by atoms with E-state index in [9.17, 15) is 9.18 Å². The number of nitrogens with one attached hydrogen (secondary N) is 1. The van der Waals surface area contributed by atoms with E-state index >= 15 is 0 Å². The third-order valence-electron chi connectivity index (χ3n) is 7.03. The van der Waals surface area contributed by atoms with Gasteiger partial charge < -0.3 is 15.0 Å². The first-order chi connectivity index (χ1) is 16.1. The number of hydrogen-bond donors (Lipinski definition) is 1. The molecule has 2 bridgehead atoms. The van der Waals surface area contributed by atoms with Gasteiger partial charge in [-0.25, -0.2) is 4.39 Å². The Hall–Kier alpha value is -3.18. The van der Waals surface area contributed by atoms with Gasteiger partial charge in [-0.3, -0.25) is 4.79 Å². The van der Waals surface area contributed by atoms with Crippen molar-refractivity contribution in [2.24, 2.45) is 0 Å². The minimum Gasteiger partial charge on any atom is -0.490 e. The van der Waals surface area contributed by atoms with Crippen LogP contribution in [0.4, 0.5) is 4.39 Å². The van der Waals surface area contributed by atoms with Crippen molar-refractivity contribution in [2.45, 2.75) is 50.4 Å². The molecule has 2 saturated heterocycles. The fourth-order valence-corrected chi connectivity index (χ4v) is 5.17. The minimum atomic E-state index is -0.525. The van der Waals surface area contributed by atoms with Gasteiger partial charge >= 0.3 is 0 Å². The molecule has 5 rings (SSSR count). The number of ether oxygens (including phenoxy) is 1. The summed E-state index contributed by atoms with van der Waals surface area (Å²) >= 11 is 0. The number of halogens is 1. The molecule has 2 fully saturated rings. The maximum absolute atomic E-state index is 14.6.